The summed E-state index contributed by atoms with van der Waals surface area (Å²) in [4.78, 5) is 16.1. The number of carbonyl (C=O) groups is 1. The van der Waals surface area contributed by atoms with E-state index < -0.39 is 0 Å². The number of anilines is 1. The van der Waals surface area contributed by atoms with Gasteiger partial charge in [0.25, 0.3) is 0 Å². The van der Waals surface area contributed by atoms with E-state index in [9.17, 15) is 4.79 Å². The van der Waals surface area contributed by atoms with Crippen LogP contribution in [0.3, 0.4) is 0 Å². The van der Waals surface area contributed by atoms with Crippen LogP contribution >= 0.6 is 23.7 Å². The number of thiophene rings is 1. The highest BCUT2D eigenvalue weighted by atomic mass is 35.5. The molecular weight excluding hydrogens is 344 g/mol. The van der Waals surface area contributed by atoms with Crippen molar-refractivity contribution in [3.63, 3.8) is 0 Å². The van der Waals surface area contributed by atoms with Gasteiger partial charge in [0.05, 0.1) is 13.7 Å². The predicted molar refractivity (Wildman–Crippen MR) is 101 cm³/mol. The molecule has 1 aromatic carbocycles. The van der Waals surface area contributed by atoms with Gasteiger partial charge in [-0.25, -0.2) is 0 Å². The number of benzene rings is 1. The molecule has 0 saturated heterocycles. The molecule has 0 radical (unpaired) electrons. The summed E-state index contributed by atoms with van der Waals surface area (Å²) in [7, 11) is 1.64. The molecule has 4 nitrogen and oxygen atoms in total. The molecule has 2 aromatic rings. The van der Waals surface area contributed by atoms with Crippen molar-refractivity contribution in [2.45, 2.75) is 31.8 Å². The van der Waals surface area contributed by atoms with Gasteiger partial charge in [0, 0.05) is 22.5 Å². The molecule has 1 amide bonds. The Balaban J connectivity index is 0.00000208. The van der Waals surface area contributed by atoms with Gasteiger partial charge < -0.3 is 15.4 Å². The molecule has 1 saturated carbocycles. The molecule has 2 atom stereocenters. The Morgan fingerprint density at radius 3 is 2.58 bits per heavy atom. The highest BCUT2D eigenvalue weighted by Gasteiger charge is 2.31. The molecule has 0 aliphatic heterocycles. The van der Waals surface area contributed by atoms with Gasteiger partial charge in [-0.15, -0.1) is 23.7 Å². The van der Waals surface area contributed by atoms with Crippen LogP contribution in [0.4, 0.5) is 5.69 Å². The van der Waals surface area contributed by atoms with Crippen LogP contribution < -0.4 is 15.4 Å². The molecule has 0 bridgehead atoms. The zero-order chi connectivity index (χ0) is 16.2. The Morgan fingerprint density at radius 1 is 1.29 bits per heavy atom. The lowest BCUT2D eigenvalue weighted by Gasteiger charge is -2.25. The van der Waals surface area contributed by atoms with E-state index >= 15 is 0 Å². The number of halogens is 1. The Hall–Kier alpha value is -1.56. The molecule has 1 heterocycles. The molecular formula is C18H23ClN2O2S. The van der Waals surface area contributed by atoms with Gasteiger partial charge in [-0.2, -0.15) is 0 Å². The van der Waals surface area contributed by atoms with Crippen molar-refractivity contribution < 1.29 is 9.53 Å². The van der Waals surface area contributed by atoms with Gasteiger partial charge in [-0.3, -0.25) is 4.79 Å². The lowest BCUT2D eigenvalue weighted by molar-refractivity contribution is -0.122. The number of hydrogen-bond donors (Lipinski definition) is 1. The number of ether oxygens (including phenoxy) is 1. The Labute approximate surface area is 153 Å². The van der Waals surface area contributed by atoms with E-state index in [0.29, 0.717) is 6.54 Å². The quantitative estimate of drug-likeness (QED) is 0.874. The second-order valence-corrected chi connectivity index (χ2v) is 7.00. The zero-order valence-electron chi connectivity index (χ0n) is 13.7. The number of amides is 1. The molecule has 3 rings (SSSR count). The summed E-state index contributed by atoms with van der Waals surface area (Å²) in [5.41, 5.74) is 6.90. The van der Waals surface area contributed by atoms with Crippen LogP contribution in [0.25, 0.3) is 0 Å². The lowest BCUT2D eigenvalue weighted by Crippen LogP contribution is -2.35. The predicted octanol–water partition coefficient (Wildman–Crippen LogP) is 3.84. The minimum Gasteiger partial charge on any atom is -0.497 e. The SMILES string of the molecule is COc1ccc(N(Cc2cccs2)C(=O)C2CCC(N)C2)cc1.Cl. The third-order valence-corrected chi connectivity index (χ3v) is 5.23. The first-order valence-corrected chi connectivity index (χ1v) is 8.78. The summed E-state index contributed by atoms with van der Waals surface area (Å²) < 4.78 is 5.21. The molecule has 1 aliphatic carbocycles. The largest absolute Gasteiger partial charge is 0.497 e. The highest BCUT2D eigenvalue weighted by molar-refractivity contribution is 7.09. The Kier molecular flexibility index (Phi) is 6.66. The molecule has 24 heavy (non-hydrogen) atoms. The van der Waals surface area contributed by atoms with E-state index in [0.717, 1.165) is 30.7 Å². The van der Waals surface area contributed by atoms with E-state index in [1.54, 1.807) is 18.4 Å². The smallest absolute Gasteiger partial charge is 0.230 e. The first-order valence-electron chi connectivity index (χ1n) is 7.91. The maximum absolute atomic E-state index is 13.0. The maximum Gasteiger partial charge on any atom is 0.230 e. The van der Waals surface area contributed by atoms with E-state index in [1.807, 2.05) is 40.6 Å². The third-order valence-electron chi connectivity index (χ3n) is 4.37. The molecule has 2 N–H and O–H groups in total. The summed E-state index contributed by atoms with van der Waals surface area (Å²) in [6.45, 7) is 0.606. The molecule has 6 heteroatoms. The van der Waals surface area contributed by atoms with Gasteiger partial charge >= 0.3 is 0 Å². The lowest BCUT2D eigenvalue weighted by atomic mass is 10.1. The van der Waals surface area contributed by atoms with Crippen molar-refractivity contribution in [1.82, 2.24) is 0 Å². The average Bonchev–Trinajstić information content (AvgIpc) is 3.24. The average molecular weight is 367 g/mol. The number of carbonyl (C=O) groups excluding carboxylic acids is 1. The summed E-state index contributed by atoms with van der Waals surface area (Å²) >= 11 is 1.67. The van der Waals surface area contributed by atoms with E-state index in [4.69, 9.17) is 10.5 Å². The maximum atomic E-state index is 13.0. The topological polar surface area (TPSA) is 55.6 Å². The van der Waals surface area contributed by atoms with Crippen LogP contribution in [0.2, 0.25) is 0 Å². The van der Waals surface area contributed by atoms with Gasteiger partial charge in [0.15, 0.2) is 0 Å². The number of rotatable bonds is 5. The number of hydrogen-bond acceptors (Lipinski definition) is 4. The van der Waals surface area contributed by atoms with Crippen LogP contribution in [0, 0.1) is 5.92 Å². The second kappa shape index (κ2) is 8.51. The fraction of sp³-hybridized carbons (Fsp3) is 0.389. The van der Waals surface area contributed by atoms with E-state index in [1.165, 1.54) is 4.88 Å². The number of nitrogens with two attached hydrogens (primary N) is 1. The number of methoxy groups -OCH3 is 1. The monoisotopic (exact) mass is 366 g/mol. The Bertz CT molecular complexity index is 646. The normalized spacial score (nSPS) is 19.6. The third kappa shape index (κ3) is 4.29. The first kappa shape index (κ1) is 18.8. The van der Waals surface area contributed by atoms with Crippen LogP contribution in [0.15, 0.2) is 41.8 Å². The standard InChI is InChI=1S/C18H22N2O2S.ClH/c1-22-16-8-6-15(7-9-16)20(12-17-3-2-10-23-17)18(21)13-4-5-14(19)11-13;/h2-3,6-10,13-14H,4-5,11-12,19H2,1H3;1H. The van der Waals surface area contributed by atoms with E-state index in [-0.39, 0.29) is 30.3 Å². The van der Waals surface area contributed by atoms with Crippen molar-refractivity contribution in [1.29, 1.82) is 0 Å². The van der Waals surface area contributed by atoms with Crippen LogP contribution in [-0.2, 0) is 11.3 Å². The van der Waals surface area contributed by atoms with Gasteiger partial charge in [-0.05, 0) is 55.0 Å². The molecule has 0 spiro atoms. The fourth-order valence-electron chi connectivity index (χ4n) is 3.08. The second-order valence-electron chi connectivity index (χ2n) is 5.97. The first-order chi connectivity index (χ1) is 11.2. The van der Waals surface area contributed by atoms with Crippen LogP contribution in [-0.4, -0.2) is 19.1 Å². The van der Waals surface area contributed by atoms with Crippen molar-refractivity contribution in [3.8, 4) is 5.75 Å². The summed E-state index contributed by atoms with van der Waals surface area (Å²) in [5, 5.41) is 2.04. The molecule has 1 fully saturated rings. The van der Waals surface area contributed by atoms with Gasteiger partial charge in [0.1, 0.15) is 5.75 Å². The minimum absolute atomic E-state index is 0. The van der Waals surface area contributed by atoms with Crippen LogP contribution in [0.5, 0.6) is 5.75 Å². The molecule has 130 valence electrons. The van der Waals surface area contributed by atoms with Gasteiger partial charge in [0.2, 0.25) is 5.91 Å². The molecule has 2 unspecified atom stereocenters. The van der Waals surface area contributed by atoms with Crippen molar-refractivity contribution in [2.75, 3.05) is 12.0 Å². The zero-order valence-corrected chi connectivity index (χ0v) is 15.3. The van der Waals surface area contributed by atoms with Crippen molar-refractivity contribution >= 4 is 35.3 Å². The Morgan fingerprint density at radius 2 is 2.04 bits per heavy atom. The van der Waals surface area contributed by atoms with Crippen molar-refractivity contribution in [2.24, 2.45) is 11.7 Å². The molecule has 1 aromatic heterocycles. The van der Waals surface area contributed by atoms with Crippen molar-refractivity contribution in [3.05, 3.63) is 46.7 Å². The number of nitrogens with zero attached hydrogens (tertiary/aromatic N) is 1. The highest BCUT2D eigenvalue weighted by Crippen LogP contribution is 2.30. The minimum atomic E-state index is 0. The summed E-state index contributed by atoms with van der Waals surface area (Å²) in [5.74, 6) is 1.00. The van der Waals surface area contributed by atoms with Gasteiger partial charge in [-0.1, -0.05) is 6.07 Å². The molecule has 1 aliphatic rings. The summed E-state index contributed by atoms with van der Waals surface area (Å²) in [6.07, 6.45) is 2.61. The van der Waals surface area contributed by atoms with Crippen LogP contribution in [0.1, 0.15) is 24.1 Å². The fourth-order valence-corrected chi connectivity index (χ4v) is 3.77. The summed E-state index contributed by atoms with van der Waals surface area (Å²) in [6, 6.07) is 11.9. The van der Waals surface area contributed by atoms with E-state index in [2.05, 4.69) is 6.07 Å².